The van der Waals surface area contributed by atoms with Crippen LogP contribution in [0.5, 0.6) is 0 Å². The van der Waals surface area contributed by atoms with E-state index >= 15 is 0 Å². The highest BCUT2D eigenvalue weighted by Gasteiger charge is 2.13. The van der Waals surface area contributed by atoms with E-state index in [0.717, 1.165) is 22.6 Å². The Balaban J connectivity index is 1.53. The van der Waals surface area contributed by atoms with Gasteiger partial charge in [-0.15, -0.1) is 0 Å². The standard InChI is InChI=1S/C23H21FN4O4/c1-15-18(16(2)28(27-15)17-8-4-3-5-9-17)12-13-22(30)32-14-21(29)26-23(31)25-20-11-7-6-10-19(20)24/h3-13H,14H2,1-2H3,(H2,25,26,29,31)/b13-12+. The highest BCUT2D eigenvalue weighted by atomic mass is 19.1. The van der Waals surface area contributed by atoms with E-state index in [9.17, 15) is 18.8 Å². The van der Waals surface area contributed by atoms with Crippen LogP contribution in [0.15, 0.2) is 60.7 Å². The minimum atomic E-state index is -0.939. The number of rotatable bonds is 6. The van der Waals surface area contributed by atoms with Crippen molar-refractivity contribution in [2.45, 2.75) is 13.8 Å². The van der Waals surface area contributed by atoms with E-state index < -0.39 is 30.3 Å². The molecular formula is C23H21FN4O4. The van der Waals surface area contributed by atoms with Crippen molar-refractivity contribution < 1.29 is 23.5 Å². The van der Waals surface area contributed by atoms with Crippen molar-refractivity contribution in [2.24, 2.45) is 0 Å². The van der Waals surface area contributed by atoms with Crippen molar-refractivity contribution in [1.82, 2.24) is 15.1 Å². The lowest BCUT2D eigenvalue weighted by molar-refractivity contribution is -0.143. The van der Waals surface area contributed by atoms with E-state index in [1.54, 1.807) is 10.8 Å². The van der Waals surface area contributed by atoms with Crippen LogP contribution in [0, 0.1) is 19.7 Å². The van der Waals surface area contributed by atoms with E-state index in [2.05, 4.69) is 10.4 Å². The molecule has 3 aromatic rings. The molecule has 0 aliphatic carbocycles. The highest BCUT2D eigenvalue weighted by Crippen LogP contribution is 2.19. The van der Waals surface area contributed by atoms with Gasteiger partial charge in [0.25, 0.3) is 5.91 Å². The van der Waals surface area contributed by atoms with Crippen molar-refractivity contribution in [2.75, 3.05) is 11.9 Å². The second-order valence-electron chi connectivity index (χ2n) is 6.76. The van der Waals surface area contributed by atoms with Gasteiger partial charge >= 0.3 is 12.0 Å². The number of urea groups is 1. The topological polar surface area (TPSA) is 102 Å². The molecule has 3 rings (SSSR count). The van der Waals surface area contributed by atoms with E-state index in [4.69, 9.17) is 4.74 Å². The maximum absolute atomic E-state index is 13.5. The number of nitrogens with zero attached hydrogens (tertiary/aromatic N) is 2. The van der Waals surface area contributed by atoms with Gasteiger partial charge in [-0.1, -0.05) is 30.3 Å². The molecule has 2 aromatic carbocycles. The number of imide groups is 1. The lowest BCUT2D eigenvalue weighted by Gasteiger charge is -2.07. The van der Waals surface area contributed by atoms with E-state index in [-0.39, 0.29) is 5.69 Å². The van der Waals surface area contributed by atoms with Gasteiger partial charge in [0.2, 0.25) is 0 Å². The zero-order chi connectivity index (χ0) is 23.1. The molecule has 0 unspecified atom stereocenters. The number of nitrogens with one attached hydrogen (secondary N) is 2. The second kappa shape index (κ2) is 10.2. The molecule has 0 saturated heterocycles. The Morgan fingerprint density at radius 3 is 2.47 bits per heavy atom. The molecule has 0 bridgehead atoms. The van der Waals surface area contributed by atoms with Gasteiger partial charge in [-0.05, 0) is 44.2 Å². The molecule has 0 saturated carbocycles. The normalized spacial score (nSPS) is 10.7. The lowest BCUT2D eigenvalue weighted by Crippen LogP contribution is -2.37. The minimum absolute atomic E-state index is 0.0838. The van der Waals surface area contributed by atoms with Crippen molar-refractivity contribution >= 4 is 29.7 Å². The number of aromatic nitrogens is 2. The van der Waals surface area contributed by atoms with Crippen LogP contribution in [0.4, 0.5) is 14.9 Å². The first-order valence-electron chi connectivity index (χ1n) is 9.67. The summed E-state index contributed by atoms with van der Waals surface area (Å²) < 4.78 is 20.1. The Morgan fingerprint density at radius 2 is 1.75 bits per heavy atom. The van der Waals surface area contributed by atoms with Crippen LogP contribution in [0.25, 0.3) is 11.8 Å². The van der Waals surface area contributed by atoms with Gasteiger partial charge in [0.05, 0.1) is 17.1 Å². The van der Waals surface area contributed by atoms with Gasteiger partial charge in [-0.25, -0.2) is 18.7 Å². The number of hydrogen-bond acceptors (Lipinski definition) is 5. The van der Waals surface area contributed by atoms with Gasteiger partial charge in [-0.2, -0.15) is 5.10 Å². The summed E-state index contributed by atoms with van der Waals surface area (Å²) in [6, 6.07) is 14.1. The molecule has 0 fully saturated rings. The molecule has 0 radical (unpaired) electrons. The lowest BCUT2D eigenvalue weighted by atomic mass is 10.2. The fourth-order valence-electron chi connectivity index (χ4n) is 2.93. The third-order valence-corrected chi connectivity index (χ3v) is 4.45. The number of carbonyl (C=O) groups excluding carboxylic acids is 3. The summed E-state index contributed by atoms with van der Waals surface area (Å²) in [5.74, 6) is -2.27. The van der Waals surface area contributed by atoms with Crippen LogP contribution in [0.2, 0.25) is 0 Å². The predicted molar refractivity (Wildman–Crippen MR) is 117 cm³/mol. The van der Waals surface area contributed by atoms with Crippen LogP contribution in [0.1, 0.15) is 17.0 Å². The number of benzene rings is 2. The number of hydrogen-bond donors (Lipinski definition) is 2. The SMILES string of the molecule is Cc1nn(-c2ccccc2)c(C)c1/C=C/C(=O)OCC(=O)NC(=O)Nc1ccccc1F. The molecule has 0 aliphatic rings. The summed E-state index contributed by atoms with van der Waals surface area (Å²) in [5, 5.41) is 8.63. The van der Waals surface area contributed by atoms with Gasteiger partial charge in [0.15, 0.2) is 6.61 Å². The van der Waals surface area contributed by atoms with Crippen molar-refractivity contribution in [3.8, 4) is 5.69 Å². The summed E-state index contributed by atoms with van der Waals surface area (Å²) >= 11 is 0. The van der Waals surface area contributed by atoms with Gasteiger partial charge < -0.3 is 10.1 Å². The van der Waals surface area contributed by atoms with Crippen molar-refractivity contribution in [1.29, 1.82) is 0 Å². The maximum Gasteiger partial charge on any atom is 0.331 e. The molecule has 8 nitrogen and oxygen atoms in total. The first kappa shape index (κ1) is 22.4. The Labute approximate surface area is 183 Å². The number of carbonyl (C=O) groups is 3. The fraction of sp³-hybridized carbons (Fsp3) is 0.130. The average Bonchev–Trinajstić information content (AvgIpc) is 3.06. The molecule has 3 amide bonds. The van der Waals surface area contributed by atoms with E-state index in [0.29, 0.717) is 0 Å². The quantitative estimate of drug-likeness (QED) is 0.455. The summed E-state index contributed by atoms with van der Waals surface area (Å²) in [5.41, 5.74) is 3.11. The van der Waals surface area contributed by atoms with Crippen LogP contribution >= 0.6 is 0 Å². The van der Waals surface area contributed by atoms with Crippen LogP contribution in [-0.2, 0) is 14.3 Å². The van der Waals surface area contributed by atoms with Gasteiger partial charge in [0, 0.05) is 17.3 Å². The molecule has 0 aliphatic heterocycles. The number of para-hydroxylation sites is 2. The molecular weight excluding hydrogens is 415 g/mol. The number of amides is 3. The Hall–Kier alpha value is -4.27. The molecule has 1 heterocycles. The summed E-state index contributed by atoms with van der Waals surface area (Å²) in [6.45, 7) is 3.02. The third kappa shape index (κ3) is 5.66. The number of aryl methyl sites for hydroxylation is 1. The van der Waals surface area contributed by atoms with Crippen LogP contribution in [0.3, 0.4) is 0 Å². The fourth-order valence-corrected chi connectivity index (χ4v) is 2.93. The number of anilines is 1. The molecule has 164 valence electrons. The van der Waals surface area contributed by atoms with E-state index in [1.165, 1.54) is 30.3 Å². The molecule has 9 heteroatoms. The molecule has 1 aromatic heterocycles. The molecule has 32 heavy (non-hydrogen) atoms. The monoisotopic (exact) mass is 436 g/mol. The first-order chi connectivity index (χ1) is 15.3. The molecule has 0 spiro atoms. The Morgan fingerprint density at radius 1 is 1.06 bits per heavy atom. The smallest absolute Gasteiger partial charge is 0.331 e. The Bertz CT molecular complexity index is 1170. The zero-order valence-corrected chi connectivity index (χ0v) is 17.5. The maximum atomic E-state index is 13.5. The predicted octanol–water partition coefficient (Wildman–Crippen LogP) is 3.53. The van der Waals surface area contributed by atoms with Crippen LogP contribution in [-0.4, -0.2) is 34.3 Å². The zero-order valence-electron chi connectivity index (χ0n) is 17.5. The Kier molecular flexibility index (Phi) is 7.12. The summed E-state index contributed by atoms with van der Waals surface area (Å²) in [4.78, 5) is 35.5. The van der Waals surface area contributed by atoms with Crippen molar-refractivity contribution in [3.05, 3.63) is 83.4 Å². The summed E-state index contributed by atoms with van der Waals surface area (Å²) in [7, 11) is 0. The van der Waals surface area contributed by atoms with E-state index in [1.807, 2.05) is 49.5 Å². The van der Waals surface area contributed by atoms with Gasteiger partial charge in [0.1, 0.15) is 5.82 Å². The average molecular weight is 436 g/mol. The first-order valence-corrected chi connectivity index (χ1v) is 9.67. The second-order valence-corrected chi connectivity index (χ2v) is 6.76. The minimum Gasteiger partial charge on any atom is -0.452 e. The molecule has 2 N–H and O–H groups in total. The third-order valence-electron chi connectivity index (χ3n) is 4.45. The largest absolute Gasteiger partial charge is 0.452 e. The van der Waals surface area contributed by atoms with Crippen molar-refractivity contribution in [3.63, 3.8) is 0 Å². The van der Waals surface area contributed by atoms with Gasteiger partial charge in [-0.3, -0.25) is 10.1 Å². The highest BCUT2D eigenvalue weighted by molar-refractivity contribution is 6.02. The summed E-state index contributed by atoms with van der Waals surface area (Å²) in [6.07, 6.45) is 2.74. The molecule has 0 atom stereocenters. The number of halogens is 1. The number of esters is 1. The van der Waals surface area contributed by atoms with Crippen LogP contribution < -0.4 is 10.6 Å². The number of ether oxygens (including phenoxy) is 1.